The zero-order valence-corrected chi connectivity index (χ0v) is 20.4. The minimum absolute atomic E-state index is 0.0973. The van der Waals surface area contributed by atoms with Crippen molar-refractivity contribution in [2.75, 3.05) is 18.6 Å². The maximum absolute atomic E-state index is 13.7. The molecule has 0 bridgehead atoms. The summed E-state index contributed by atoms with van der Waals surface area (Å²) in [5.74, 6) is -0.319. The van der Waals surface area contributed by atoms with E-state index < -0.39 is 11.9 Å². The van der Waals surface area contributed by atoms with Crippen molar-refractivity contribution in [2.45, 2.75) is 37.8 Å². The van der Waals surface area contributed by atoms with Crippen LogP contribution in [-0.4, -0.2) is 37.4 Å². The summed E-state index contributed by atoms with van der Waals surface area (Å²) in [5.41, 5.74) is 1.23. The number of methoxy groups -OCH3 is 1. The second kappa shape index (κ2) is 11.7. The van der Waals surface area contributed by atoms with Crippen molar-refractivity contribution in [2.24, 2.45) is 0 Å². The first-order chi connectivity index (χ1) is 17.1. The van der Waals surface area contributed by atoms with Gasteiger partial charge in [-0.3, -0.25) is 19.3 Å². The molecule has 1 aliphatic rings. The van der Waals surface area contributed by atoms with E-state index in [-0.39, 0.29) is 24.4 Å². The van der Waals surface area contributed by atoms with Crippen LogP contribution in [0.4, 0.5) is 5.69 Å². The highest BCUT2D eigenvalue weighted by Crippen LogP contribution is 2.30. The first kappa shape index (κ1) is 24.5. The molecular formula is C27H29N3O4S. The number of amides is 3. The molecule has 1 saturated carbocycles. The summed E-state index contributed by atoms with van der Waals surface area (Å²) in [6.07, 6.45) is 4.02. The Labute approximate surface area is 209 Å². The molecule has 3 aromatic rings. The van der Waals surface area contributed by atoms with Crippen molar-refractivity contribution >= 4 is 34.7 Å². The summed E-state index contributed by atoms with van der Waals surface area (Å²) < 4.78 is 5.27. The zero-order chi connectivity index (χ0) is 24.6. The number of hydrogen-bond acceptors (Lipinski definition) is 5. The number of benzene rings is 2. The Balaban J connectivity index is 1.66. The van der Waals surface area contributed by atoms with Gasteiger partial charge in [-0.1, -0.05) is 49.2 Å². The van der Waals surface area contributed by atoms with Crippen LogP contribution in [0.3, 0.4) is 0 Å². The maximum Gasteiger partial charge on any atom is 0.261 e. The number of nitrogens with zero attached hydrogens (tertiary/aromatic N) is 1. The molecule has 1 heterocycles. The lowest BCUT2D eigenvalue weighted by Gasteiger charge is -2.32. The average molecular weight is 492 g/mol. The Kier molecular flexibility index (Phi) is 8.15. The van der Waals surface area contributed by atoms with E-state index in [4.69, 9.17) is 4.74 Å². The Hall–Kier alpha value is -3.65. The molecule has 0 saturated heterocycles. The van der Waals surface area contributed by atoms with Crippen LogP contribution in [0.15, 0.2) is 72.1 Å². The predicted molar refractivity (Wildman–Crippen MR) is 137 cm³/mol. The van der Waals surface area contributed by atoms with Gasteiger partial charge in [0.25, 0.3) is 5.91 Å². The van der Waals surface area contributed by atoms with Gasteiger partial charge in [0.05, 0.1) is 18.5 Å². The topological polar surface area (TPSA) is 87.7 Å². The lowest BCUT2D eigenvalue weighted by Crippen LogP contribution is -2.49. The highest BCUT2D eigenvalue weighted by molar-refractivity contribution is 7.12. The molecule has 1 fully saturated rings. The normalized spacial score (nSPS) is 14.2. The quantitative estimate of drug-likeness (QED) is 0.467. The van der Waals surface area contributed by atoms with Gasteiger partial charge in [0.1, 0.15) is 11.8 Å². The third-order valence-electron chi connectivity index (χ3n) is 6.09. The summed E-state index contributed by atoms with van der Waals surface area (Å²) in [4.78, 5) is 41.8. The number of ether oxygens (including phenoxy) is 1. The van der Waals surface area contributed by atoms with Crippen LogP contribution in [0.5, 0.6) is 5.75 Å². The summed E-state index contributed by atoms with van der Waals surface area (Å²) in [6, 6.07) is 18.9. The summed E-state index contributed by atoms with van der Waals surface area (Å²) in [5, 5.41) is 7.65. The van der Waals surface area contributed by atoms with Gasteiger partial charge in [0.2, 0.25) is 11.8 Å². The molecule has 7 nitrogen and oxygen atoms in total. The molecule has 35 heavy (non-hydrogen) atoms. The summed E-state index contributed by atoms with van der Waals surface area (Å²) in [7, 11) is 1.57. The predicted octanol–water partition coefficient (Wildman–Crippen LogP) is 4.32. The number of carbonyl (C=O) groups excluding carboxylic acids is 3. The second-order valence-electron chi connectivity index (χ2n) is 8.42. The molecule has 182 valence electrons. The maximum atomic E-state index is 13.7. The van der Waals surface area contributed by atoms with Crippen LogP contribution < -0.4 is 20.3 Å². The standard InChI is InChI=1S/C27H29N3O4S/c1-34-22-15-13-21(14-16-22)30(24(31)18-28-26(32)23-12-7-17-35-23)25(19-8-3-2-4-9-19)27(33)29-20-10-5-6-11-20/h2-4,7-9,12-17,20,25H,5-6,10-11,18H2,1H3,(H,28,32)(H,29,33)/t25-/m0/s1. The Bertz CT molecular complexity index is 1130. The zero-order valence-electron chi connectivity index (χ0n) is 19.6. The molecule has 1 aliphatic carbocycles. The van der Waals surface area contributed by atoms with Gasteiger partial charge < -0.3 is 15.4 Å². The van der Waals surface area contributed by atoms with Crippen molar-refractivity contribution in [3.8, 4) is 5.75 Å². The largest absolute Gasteiger partial charge is 0.497 e. The van der Waals surface area contributed by atoms with Crippen LogP contribution in [0, 0.1) is 0 Å². The van der Waals surface area contributed by atoms with Crippen molar-refractivity contribution in [3.05, 3.63) is 82.6 Å². The molecule has 8 heteroatoms. The molecule has 0 radical (unpaired) electrons. The molecule has 0 unspecified atom stereocenters. The summed E-state index contributed by atoms with van der Waals surface area (Å²) >= 11 is 1.30. The number of rotatable bonds is 9. The number of thiophene rings is 1. The Morgan fingerprint density at radius 1 is 1.00 bits per heavy atom. The van der Waals surface area contributed by atoms with Crippen molar-refractivity contribution in [1.29, 1.82) is 0 Å². The average Bonchev–Trinajstić information content (AvgIpc) is 3.61. The first-order valence-corrected chi connectivity index (χ1v) is 12.6. The Morgan fingerprint density at radius 3 is 2.34 bits per heavy atom. The van der Waals surface area contributed by atoms with Crippen LogP contribution in [0.2, 0.25) is 0 Å². The lowest BCUT2D eigenvalue weighted by atomic mass is 10.0. The van der Waals surface area contributed by atoms with Gasteiger partial charge in [-0.15, -0.1) is 11.3 Å². The third kappa shape index (κ3) is 6.08. The minimum Gasteiger partial charge on any atom is -0.497 e. The number of hydrogen-bond donors (Lipinski definition) is 2. The van der Waals surface area contributed by atoms with Crippen LogP contribution in [-0.2, 0) is 9.59 Å². The van der Waals surface area contributed by atoms with E-state index in [0.29, 0.717) is 21.9 Å². The molecule has 1 aromatic heterocycles. The van der Waals surface area contributed by atoms with Crippen LogP contribution in [0.1, 0.15) is 47.0 Å². The van der Waals surface area contributed by atoms with E-state index in [1.54, 1.807) is 48.9 Å². The smallest absolute Gasteiger partial charge is 0.261 e. The highest BCUT2D eigenvalue weighted by atomic mass is 32.1. The van der Waals surface area contributed by atoms with Gasteiger partial charge in [-0.2, -0.15) is 0 Å². The van der Waals surface area contributed by atoms with E-state index >= 15 is 0 Å². The molecule has 2 aromatic carbocycles. The van der Waals surface area contributed by atoms with Gasteiger partial charge in [-0.05, 0) is 54.1 Å². The molecule has 0 spiro atoms. The van der Waals surface area contributed by atoms with Crippen LogP contribution >= 0.6 is 11.3 Å². The monoisotopic (exact) mass is 491 g/mol. The van der Waals surface area contributed by atoms with Crippen molar-refractivity contribution in [1.82, 2.24) is 10.6 Å². The molecule has 1 atom stereocenters. The number of carbonyl (C=O) groups is 3. The van der Waals surface area contributed by atoms with Gasteiger partial charge in [0.15, 0.2) is 0 Å². The van der Waals surface area contributed by atoms with Gasteiger partial charge >= 0.3 is 0 Å². The van der Waals surface area contributed by atoms with E-state index in [2.05, 4.69) is 10.6 Å². The van der Waals surface area contributed by atoms with Crippen LogP contribution in [0.25, 0.3) is 0 Å². The van der Waals surface area contributed by atoms with Gasteiger partial charge in [-0.25, -0.2) is 0 Å². The van der Waals surface area contributed by atoms with E-state index in [1.807, 2.05) is 30.3 Å². The molecule has 0 aliphatic heterocycles. The minimum atomic E-state index is -0.892. The van der Waals surface area contributed by atoms with Gasteiger partial charge in [0, 0.05) is 11.7 Å². The molecule has 4 rings (SSSR count). The number of nitrogens with one attached hydrogen (secondary N) is 2. The van der Waals surface area contributed by atoms with Crippen molar-refractivity contribution < 1.29 is 19.1 Å². The van der Waals surface area contributed by atoms with E-state index in [0.717, 1.165) is 25.7 Å². The first-order valence-electron chi connectivity index (χ1n) is 11.7. The SMILES string of the molecule is COc1ccc(N(C(=O)CNC(=O)c2cccs2)[C@H](C(=O)NC2CCCC2)c2ccccc2)cc1. The fraction of sp³-hybridized carbons (Fsp3) is 0.296. The molecule has 3 amide bonds. The fourth-order valence-electron chi connectivity index (χ4n) is 4.32. The molecule has 2 N–H and O–H groups in total. The second-order valence-corrected chi connectivity index (χ2v) is 9.37. The fourth-order valence-corrected chi connectivity index (χ4v) is 4.96. The van der Waals surface area contributed by atoms with E-state index in [1.165, 1.54) is 16.2 Å². The van der Waals surface area contributed by atoms with E-state index in [9.17, 15) is 14.4 Å². The number of anilines is 1. The third-order valence-corrected chi connectivity index (χ3v) is 6.96. The highest BCUT2D eigenvalue weighted by Gasteiger charge is 2.34. The lowest BCUT2D eigenvalue weighted by molar-refractivity contribution is -0.126. The Morgan fingerprint density at radius 2 is 1.71 bits per heavy atom. The molecular weight excluding hydrogens is 462 g/mol. The summed E-state index contributed by atoms with van der Waals surface area (Å²) in [6.45, 7) is -0.247. The van der Waals surface area contributed by atoms with Crippen molar-refractivity contribution in [3.63, 3.8) is 0 Å².